The lowest BCUT2D eigenvalue weighted by molar-refractivity contribution is -0.112. The summed E-state index contributed by atoms with van der Waals surface area (Å²) in [5, 5.41) is 16.8. The highest BCUT2D eigenvalue weighted by atomic mass is 35.5. The zero-order chi connectivity index (χ0) is 24.8. The van der Waals surface area contributed by atoms with Gasteiger partial charge in [-0.25, -0.2) is 0 Å². The van der Waals surface area contributed by atoms with Gasteiger partial charge in [-0.2, -0.15) is 5.10 Å². The molecule has 1 aromatic heterocycles. The smallest absolute Gasteiger partial charge is 0.279 e. The Labute approximate surface area is 206 Å². The van der Waals surface area contributed by atoms with Crippen LogP contribution in [0.5, 0.6) is 0 Å². The van der Waals surface area contributed by atoms with Crippen molar-refractivity contribution in [2.45, 2.75) is 13.5 Å². The molecule has 0 bridgehead atoms. The summed E-state index contributed by atoms with van der Waals surface area (Å²) in [4.78, 5) is 27.4. The molecule has 7 nitrogen and oxygen atoms in total. The molecule has 0 unspecified atom stereocenters. The second-order valence-corrected chi connectivity index (χ2v) is 7.93. The normalized spacial score (nSPS) is 13.9. The van der Waals surface area contributed by atoms with E-state index >= 15 is 0 Å². The van der Waals surface area contributed by atoms with Gasteiger partial charge in [0.25, 0.3) is 5.91 Å². The summed E-state index contributed by atoms with van der Waals surface area (Å²) in [5.41, 5.74) is 2.97. The molecule has 0 radical (unpaired) electrons. The minimum Gasteiger partial charge on any atom is -0.463 e. The van der Waals surface area contributed by atoms with Gasteiger partial charge in [0, 0.05) is 17.2 Å². The molecule has 1 aliphatic rings. The van der Waals surface area contributed by atoms with Crippen molar-refractivity contribution in [2.75, 3.05) is 11.5 Å². The Morgan fingerprint density at radius 1 is 1.00 bits per heavy atom. The Balaban J connectivity index is 0.000000917. The van der Waals surface area contributed by atoms with E-state index in [0.29, 0.717) is 28.1 Å². The van der Waals surface area contributed by atoms with Crippen molar-refractivity contribution in [3.05, 3.63) is 111 Å². The van der Waals surface area contributed by atoms with Crippen LogP contribution in [0.4, 0.5) is 5.69 Å². The lowest BCUT2D eigenvalue weighted by Crippen LogP contribution is -2.29. The molecule has 4 aromatic rings. The van der Waals surface area contributed by atoms with E-state index in [2.05, 4.69) is 10.2 Å². The van der Waals surface area contributed by atoms with Gasteiger partial charge in [0.2, 0.25) is 5.43 Å². The fourth-order valence-corrected chi connectivity index (χ4v) is 3.84. The Morgan fingerprint density at radius 2 is 1.69 bits per heavy atom. The highest BCUT2D eigenvalue weighted by molar-refractivity contribution is 6.54. The second-order valence-electron chi connectivity index (χ2n) is 7.53. The van der Waals surface area contributed by atoms with Gasteiger partial charge in [0.15, 0.2) is 5.71 Å². The SMILES string of the molecule is CCO.O=C1/C(=N\N=C\c2coc3ccccc3c2=O)c2ccccc2N1Cc1ccccc1Cl. The van der Waals surface area contributed by atoms with Crippen LogP contribution in [0.15, 0.2) is 98.5 Å². The van der Waals surface area contributed by atoms with E-state index in [0.717, 1.165) is 11.3 Å². The number of benzene rings is 3. The summed E-state index contributed by atoms with van der Waals surface area (Å²) < 4.78 is 5.49. The quantitative estimate of drug-likeness (QED) is 0.330. The minimum atomic E-state index is -0.284. The van der Waals surface area contributed by atoms with Crippen LogP contribution in [-0.2, 0) is 11.3 Å². The van der Waals surface area contributed by atoms with E-state index in [4.69, 9.17) is 21.1 Å². The summed E-state index contributed by atoms with van der Waals surface area (Å²) in [6, 6.07) is 21.7. The molecule has 35 heavy (non-hydrogen) atoms. The van der Waals surface area contributed by atoms with E-state index in [9.17, 15) is 9.59 Å². The standard InChI is InChI=1S/C25H16ClN3O3.C2H6O/c26-20-10-4-1-7-16(20)14-29-21-11-5-2-8-18(21)23(25(29)31)28-27-13-17-15-32-22-12-6-3-9-19(22)24(17)30;1-2-3/h1-13,15H,14H2;3H,2H2,1H3/b27-13+,28-23-;. The number of aliphatic hydroxyl groups excluding tert-OH is 1. The van der Waals surface area contributed by atoms with Crippen LogP contribution in [0, 0.1) is 0 Å². The Hall–Kier alpha value is -4.07. The molecule has 0 fully saturated rings. The van der Waals surface area contributed by atoms with E-state index < -0.39 is 0 Å². The van der Waals surface area contributed by atoms with Gasteiger partial charge in [0.05, 0.1) is 29.4 Å². The molecule has 3 aromatic carbocycles. The van der Waals surface area contributed by atoms with Gasteiger partial charge in [0.1, 0.15) is 11.8 Å². The Morgan fingerprint density at radius 3 is 2.49 bits per heavy atom. The predicted octanol–water partition coefficient (Wildman–Crippen LogP) is 4.82. The number of nitrogens with zero attached hydrogens (tertiary/aromatic N) is 3. The number of hydrogen-bond acceptors (Lipinski definition) is 6. The van der Waals surface area contributed by atoms with Crippen LogP contribution < -0.4 is 10.3 Å². The van der Waals surface area contributed by atoms with Crippen LogP contribution >= 0.6 is 11.6 Å². The third-order valence-electron chi connectivity index (χ3n) is 5.25. The second kappa shape index (κ2) is 10.9. The molecule has 1 amide bonds. The monoisotopic (exact) mass is 487 g/mol. The zero-order valence-electron chi connectivity index (χ0n) is 18.9. The van der Waals surface area contributed by atoms with Crippen molar-refractivity contribution in [3.8, 4) is 0 Å². The van der Waals surface area contributed by atoms with Crippen molar-refractivity contribution in [2.24, 2.45) is 10.2 Å². The van der Waals surface area contributed by atoms with Gasteiger partial charge < -0.3 is 14.4 Å². The molecule has 0 aliphatic carbocycles. The molecule has 0 saturated heterocycles. The maximum atomic E-state index is 13.2. The number of carbonyl (C=O) groups excluding carboxylic acids is 1. The van der Waals surface area contributed by atoms with Crippen LogP contribution in [-0.4, -0.2) is 29.5 Å². The van der Waals surface area contributed by atoms with Gasteiger partial charge in [-0.1, -0.05) is 60.1 Å². The molecule has 1 N–H and O–H groups in total. The fourth-order valence-electron chi connectivity index (χ4n) is 3.64. The highest BCUT2D eigenvalue weighted by Gasteiger charge is 2.34. The summed E-state index contributed by atoms with van der Waals surface area (Å²) >= 11 is 6.29. The fraction of sp³-hybridized carbons (Fsp3) is 0.111. The third-order valence-corrected chi connectivity index (χ3v) is 5.61. The summed E-state index contributed by atoms with van der Waals surface area (Å²) in [6.45, 7) is 2.24. The summed E-state index contributed by atoms with van der Waals surface area (Å²) in [5.74, 6) is -0.284. The largest absolute Gasteiger partial charge is 0.463 e. The van der Waals surface area contributed by atoms with Crippen LogP contribution in [0.1, 0.15) is 23.6 Å². The molecule has 0 spiro atoms. The van der Waals surface area contributed by atoms with Crippen molar-refractivity contribution in [1.29, 1.82) is 0 Å². The number of para-hydroxylation sites is 2. The van der Waals surface area contributed by atoms with Gasteiger partial charge in [-0.15, -0.1) is 5.10 Å². The highest BCUT2D eigenvalue weighted by Crippen LogP contribution is 2.31. The summed E-state index contributed by atoms with van der Waals surface area (Å²) in [7, 11) is 0. The molecule has 0 atom stereocenters. The average molecular weight is 488 g/mol. The van der Waals surface area contributed by atoms with E-state index in [1.54, 1.807) is 42.2 Å². The van der Waals surface area contributed by atoms with Gasteiger partial charge >= 0.3 is 0 Å². The number of carbonyl (C=O) groups is 1. The van der Waals surface area contributed by atoms with E-state index in [1.165, 1.54) is 12.5 Å². The molecule has 5 rings (SSSR count). The average Bonchev–Trinajstić information content (AvgIpc) is 3.13. The maximum Gasteiger partial charge on any atom is 0.279 e. The number of fused-ring (bicyclic) bond motifs is 2. The van der Waals surface area contributed by atoms with Crippen molar-refractivity contribution in [1.82, 2.24) is 0 Å². The van der Waals surface area contributed by atoms with Gasteiger partial charge in [-0.05, 0) is 36.8 Å². The van der Waals surface area contributed by atoms with Crippen LogP contribution in [0.25, 0.3) is 11.0 Å². The first kappa shape index (κ1) is 24.1. The molecule has 8 heteroatoms. The Bertz CT molecular complexity index is 1490. The molecule has 2 heterocycles. The molecule has 176 valence electrons. The molecule has 0 saturated carbocycles. The third kappa shape index (κ3) is 5.06. The first-order valence-corrected chi connectivity index (χ1v) is 11.3. The number of aliphatic hydroxyl groups is 1. The number of halogens is 1. The molecule has 1 aliphatic heterocycles. The predicted molar refractivity (Wildman–Crippen MR) is 138 cm³/mol. The van der Waals surface area contributed by atoms with Crippen molar-refractivity contribution < 1.29 is 14.3 Å². The lowest BCUT2D eigenvalue weighted by atomic mass is 10.1. The van der Waals surface area contributed by atoms with E-state index in [-0.39, 0.29) is 29.2 Å². The zero-order valence-corrected chi connectivity index (χ0v) is 19.6. The lowest BCUT2D eigenvalue weighted by Gasteiger charge is -2.17. The topological polar surface area (TPSA) is 95.5 Å². The number of anilines is 1. The molecular weight excluding hydrogens is 466 g/mol. The number of amides is 1. The van der Waals surface area contributed by atoms with Crippen molar-refractivity contribution in [3.63, 3.8) is 0 Å². The molecular formula is C27H22ClN3O4. The number of rotatable bonds is 4. The van der Waals surface area contributed by atoms with Gasteiger partial charge in [-0.3, -0.25) is 9.59 Å². The van der Waals surface area contributed by atoms with Crippen LogP contribution in [0.3, 0.4) is 0 Å². The first-order valence-electron chi connectivity index (χ1n) is 10.9. The minimum absolute atomic E-state index is 0.203. The Kier molecular flexibility index (Phi) is 7.50. The van der Waals surface area contributed by atoms with E-state index in [1.807, 2.05) is 42.5 Å². The number of hydrogen-bond donors (Lipinski definition) is 1. The summed E-state index contributed by atoms with van der Waals surface area (Å²) in [6.07, 6.45) is 2.64. The maximum absolute atomic E-state index is 13.2. The van der Waals surface area contributed by atoms with Crippen molar-refractivity contribution >= 4 is 46.1 Å². The first-order chi connectivity index (χ1) is 17.0. The van der Waals surface area contributed by atoms with Crippen LogP contribution in [0.2, 0.25) is 5.02 Å².